The Labute approximate surface area is 238 Å². The van der Waals surface area contributed by atoms with Crippen molar-refractivity contribution in [2.75, 3.05) is 63.7 Å². The molecule has 0 aliphatic carbocycles. The van der Waals surface area contributed by atoms with Crippen LogP contribution in [0.4, 0.5) is 11.4 Å². The van der Waals surface area contributed by atoms with Gasteiger partial charge in [0.2, 0.25) is 0 Å². The number of benzene rings is 1. The Balaban J connectivity index is 1.30. The molecule has 0 atom stereocenters. The lowest BCUT2D eigenvalue weighted by molar-refractivity contribution is -0.00765. The molecule has 2 N–H and O–H groups in total. The summed E-state index contributed by atoms with van der Waals surface area (Å²) in [6.07, 6.45) is 4.85. The second-order valence-electron chi connectivity index (χ2n) is 12.4. The van der Waals surface area contributed by atoms with Crippen molar-refractivity contribution in [1.82, 2.24) is 24.8 Å². The third-order valence-electron chi connectivity index (χ3n) is 8.82. The maximum Gasteiger partial charge on any atom is 0.159 e. The van der Waals surface area contributed by atoms with Crippen molar-refractivity contribution in [3.05, 3.63) is 35.5 Å². The number of halogens is 1. The van der Waals surface area contributed by atoms with Crippen molar-refractivity contribution in [2.45, 2.75) is 64.1 Å². The molecule has 0 bridgehead atoms. The first kappa shape index (κ1) is 28.1. The molecule has 1 aromatic carbocycles. The van der Waals surface area contributed by atoms with Gasteiger partial charge in [-0.2, -0.15) is 0 Å². The molecule has 0 radical (unpaired) electrons. The first-order valence-corrected chi connectivity index (χ1v) is 14.6. The Kier molecular flexibility index (Phi) is 8.11. The molecular formula is C30H44ClN7O. The zero-order valence-electron chi connectivity index (χ0n) is 24.4. The molecular weight excluding hydrogens is 510 g/mol. The number of aromatic amines is 1. The lowest BCUT2D eigenvalue weighted by Gasteiger charge is -2.54. The lowest BCUT2D eigenvalue weighted by Crippen LogP contribution is -2.61. The average molecular weight is 554 g/mol. The number of piperazine rings is 1. The minimum Gasteiger partial charge on any atom is -0.385 e. The zero-order chi connectivity index (χ0) is 27.8. The molecule has 39 heavy (non-hydrogen) atoms. The van der Waals surface area contributed by atoms with E-state index >= 15 is 0 Å². The third kappa shape index (κ3) is 6.04. The van der Waals surface area contributed by atoms with Gasteiger partial charge in [0.05, 0.1) is 16.9 Å². The second kappa shape index (κ2) is 11.2. The van der Waals surface area contributed by atoms with Gasteiger partial charge in [0.15, 0.2) is 5.65 Å². The van der Waals surface area contributed by atoms with Crippen LogP contribution in [0.3, 0.4) is 0 Å². The molecule has 8 nitrogen and oxygen atoms in total. The van der Waals surface area contributed by atoms with E-state index in [0.29, 0.717) is 5.02 Å². The number of rotatable bonds is 8. The van der Waals surface area contributed by atoms with E-state index in [2.05, 4.69) is 89.0 Å². The summed E-state index contributed by atoms with van der Waals surface area (Å²) in [7, 11) is 4.00. The smallest absolute Gasteiger partial charge is 0.159 e. The Morgan fingerprint density at radius 2 is 1.72 bits per heavy atom. The molecule has 0 saturated carbocycles. The number of nitrogens with one attached hydrogen (secondary N) is 2. The van der Waals surface area contributed by atoms with Gasteiger partial charge in [0.1, 0.15) is 11.3 Å². The Hall–Kier alpha value is -2.39. The molecule has 0 spiro atoms. The highest BCUT2D eigenvalue weighted by Gasteiger charge is 2.43. The van der Waals surface area contributed by atoms with Gasteiger partial charge < -0.3 is 19.9 Å². The van der Waals surface area contributed by atoms with Crippen molar-refractivity contribution in [2.24, 2.45) is 0 Å². The molecule has 212 valence electrons. The molecule has 0 unspecified atom stereocenters. The van der Waals surface area contributed by atoms with Gasteiger partial charge in [-0.3, -0.25) is 9.80 Å². The van der Waals surface area contributed by atoms with Crippen LogP contribution in [0.5, 0.6) is 0 Å². The summed E-state index contributed by atoms with van der Waals surface area (Å²) >= 11 is 6.70. The van der Waals surface area contributed by atoms with Crippen LogP contribution in [0.2, 0.25) is 5.02 Å². The molecule has 4 heterocycles. The van der Waals surface area contributed by atoms with E-state index in [0.717, 1.165) is 86.8 Å². The molecule has 5 rings (SSSR count). The largest absolute Gasteiger partial charge is 0.385 e. The summed E-state index contributed by atoms with van der Waals surface area (Å²) < 4.78 is 5.19. The number of H-pyrrole nitrogens is 1. The first-order valence-electron chi connectivity index (χ1n) is 14.2. The summed E-state index contributed by atoms with van der Waals surface area (Å²) in [6.45, 7) is 15.4. The summed E-state index contributed by atoms with van der Waals surface area (Å²) in [4.78, 5) is 20.4. The summed E-state index contributed by atoms with van der Waals surface area (Å²) in [5.74, 6) is 0.807. The van der Waals surface area contributed by atoms with Crippen molar-refractivity contribution < 1.29 is 4.74 Å². The summed E-state index contributed by atoms with van der Waals surface area (Å²) in [6, 6.07) is 8.98. The number of methoxy groups -OCH3 is 1. The number of aromatic nitrogens is 3. The standard InChI is InChI=1S/C30H44ClN7O/c1-29(2)18-22(19-30(3,4)36(29)5)33-25-24(31)20-32-28-26(25)34-27(35-28)21-8-10-23(11-9-21)38-15-13-37(14-16-38)12-7-17-39-6/h8-11,20,22H,7,12-19H2,1-6H3,(H2,32,33,34,35). The Morgan fingerprint density at radius 3 is 2.36 bits per heavy atom. The van der Waals surface area contributed by atoms with Crippen LogP contribution < -0.4 is 10.2 Å². The molecule has 3 aromatic rings. The minimum atomic E-state index is 0.0766. The molecule has 2 saturated heterocycles. The normalized spacial score (nSPS) is 20.5. The number of pyridine rings is 1. The Bertz CT molecular complexity index is 1250. The van der Waals surface area contributed by atoms with E-state index in [1.165, 1.54) is 5.69 Å². The molecule has 2 aromatic heterocycles. The predicted molar refractivity (Wildman–Crippen MR) is 162 cm³/mol. The van der Waals surface area contributed by atoms with Crippen LogP contribution in [0, 0.1) is 0 Å². The second-order valence-corrected chi connectivity index (χ2v) is 12.8. The third-order valence-corrected chi connectivity index (χ3v) is 9.11. The number of piperidine rings is 1. The fourth-order valence-electron chi connectivity index (χ4n) is 6.37. The Morgan fingerprint density at radius 1 is 1.05 bits per heavy atom. The first-order chi connectivity index (χ1) is 18.6. The number of hydrogen-bond acceptors (Lipinski definition) is 7. The SMILES string of the molecule is COCCCN1CCN(c2ccc(-c3nc4c(NC5CC(C)(C)N(C)C(C)(C)C5)c(Cl)cnc4[nH]3)cc2)CC1. The van der Waals surface area contributed by atoms with Gasteiger partial charge in [-0.25, -0.2) is 9.97 Å². The van der Waals surface area contributed by atoms with Crippen molar-refractivity contribution >= 4 is 34.1 Å². The van der Waals surface area contributed by atoms with E-state index in [9.17, 15) is 0 Å². The van der Waals surface area contributed by atoms with Crippen LogP contribution >= 0.6 is 11.6 Å². The van der Waals surface area contributed by atoms with Crippen LogP contribution in [-0.2, 0) is 4.74 Å². The number of likely N-dealkylation sites (tertiary alicyclic amines) is 1. The van der Waals surface area contributed by atoms with E-state index in [-0.39, 0.29) is 17.1 Å². The van der Waals surface area contributed by atoms with Gasteiger partial charge in [-0.1, -0.05) is 11.6 Å². The van der Waals surface area contributed by atoms with E-state index in [4.69, 9.17) is 21.3 Å². The molecule has 2 fully saturated rings. The van der Waals surface area contributed by atoms with Crippen molar-refractivity contribution in [1.29, 1.82) is 0 Å². The summed E-state index contributed by atoms with van der Waals surface area (Å²) in [5.41, 5.74) is 4.85. The fourth-order valence-corrected chi connectivity index (χ4v) is 6.57. The molecule has 9 heteroatoms. The van der Waals surface area contributed by atoms with Crippen molar-refractivity contribution in [3.8, 4) is 11.4 Å². The topological polar surface area (TPSA) is 72.6 Å². The van der Waals surface area contributed by atoms with Gasteiger partial charge in [0.25, 0.3) is 0 Å². The number of anilines is 2. The maximum absolute atomic E-state index is 6.70. The average Bonchev–Trinajstić information content (AvgIpc) is 3.34. The molecule has 2 aliphatic heterocycles. The monoisotopic (exact) mass is 553 g/mol. The fraction of sp³-hybridized carbons (Fsp3) is 0.600. The summed E-state index contributed by atoms with van der Waals surface area (Å²) in [5, 5.41) is 4.37. The number of hydrogen-bond donors (Lipinski definition) is 2. The van der Waals surface area contributed by atoms with Crippen LogP contribution in [0.15, 0.2) is 30.5 Å². The van der Waals surface area contributed by atoms with E-state index < -0.39 is 0 Å². The van der Waals surface area contributed by atoms with Gasteiger partial charge in [-0.15, -0.1) is 0 Å². The highest BCUT2D eigenvalue weighted by Crippen LogP contribution is 2.40. The van der Waals surface area contributed by atoms with E-state index in [1.54, 1.807) is 13.3 Å². The van der Waals surface area contributed by atoms with Crippen LogP contribution in [0.1, 0.15) is 47.0 Å². The van der Waals surface area contributed by atoms with Gasteiger partial charge >= 0.3 is 0 Å². The number of imidazole rings is 1. The molecule has 2 aliphatic rings. The van der Waals surface area contributed by atoms with Gasteiger partial charge in [-0.05, 0) is 78.3 Å². The van der Waals surface area contributed by atoms with Crippen LogP contribution in [0.25, 0.3) is 22.6 Å². The minimum absolute atomic E-state index is 0.0766. The molecule has 0 amide bonds. The van der Waals surface area contributed by atoms with Crippen molar-refractivity contribution in [3.63, 3.8) is 0 Å². The predicted octanol–water partition coefficient (Wildman–Crippen LogP) is 5.50. The van der Waals surface area contributed by atoms with Gasteiger partial charge in [0, 0.05) is 74.8 Å². The quantitative estimate of drug-likeness (QED) is 0.357. The number of ether oxygens (including phenoxy) is 1. The van der Waals surface area contributed by atoms with E-state index in [1.807, 2.05) is 0 Å². The lowest BCUT2D eigenvalue weighted by atomic mass is 9.77. The highest BCUT2D eigenvalue weighted by atomic mass is 35.5. The zero-order valence-corrected chi connectivity index (χ0v) is 25.1. The maximum atomic E-state index is 6.70. The number of nitrogens with zero attached hydrogens (tertiary/aromatic N) is 5. The highest BCUT2D eigenvalue weighted by molar-refractivity contribution is 6.34. The van der Waals surface area contributed by atoms with Crippen LogP contribution in [-0.4, -0.2) is 95.4 Å². The number of fused-ring (bicyclic) bond motifs is 1.